The lowest BCUT2D eigenvalue weighted by Gasteiger charge is -2.18. The number of aliphatic hydroxyl groups excluding tert-OH is 2. The summed E-state index contributed by atoms with van der Waals surface area (Å²) in [6.45, 7) is 1.69. The molecule has 1 rings (SSSR count). The van der Waals surface area contributed by atoms with Crippen LogP contribution in [0.25, 0.3) is 0 Å². The van der Waals surface area contributed by atoms with Crippen molar-refractivity contribution >= 4 is 23.2 Å². The lowest BCUT2D eigenvalue weighted by molar-refractivity contribution is -0.119. The molecule has 0 radical (unpaired) electrons. The lowest BCUT2D eigenvalue weighted by atomic mass is 10.0. The Labute approximate surface area is 111 Å². The molecule has 0 fully saturated rings. The number of carbonyl (C=O) groups excluding carboxylic acids is 1. The highest BCUT2D eigenvalue weighted by Gasteiger charge is 2.18. The minimum Gasteiger partial charge on any atom is -0.398 e. The van der Waals surface area contributed by atoms with Gasteiger partial charge in [-0.05, 0) is 24.1 Å². The van der Waals surface area contributed by atoms with Gasteiger partial charge in [-0.3, -0.25) is 4.79 Å². The molecular formula is C12H17ClN2O3. The van der Waals surface area contributed by atoms with Crippen LogP contribution in [0.3, 0.4) is 0 Å². The topological polar surface area (TPSA) is 95.6 Å². The fourth-order valence-electron chi connectivity index (χ4n) is 1.52. The molecule has 0 aliphatic rings. The molecule has 1 amide bonds. The third-order valence-corrected chi connectivity index (χ3v) is 2.88. The van der Waals surface area contributed by atoms with E-state index < -0.39 is 12.2 Å². The highest BCUT2D eigenvalue weighted by Crippen LogP contribution is 2.25. The summed E-state index contributed by atoms with van der Waals surface area (Å²) in [4.78, 5) is 10.7. The summed E-state index contributed by atoms with van der Waals surface area (Å²) in [6.07, 6.45) is -1.78. The average Bonchev–Trinajstić information content (AvgIpc) is 2.31. The Morgan fingerprint density at radius 2 is 2.17 bits per heavy atom. The molecule has 0 saturated heterocycles. The molecule has 2 atom stereocenters. The summed E-state index contributed by atoms with van der Waals surface area (Å²) in [7, 11) is 0. The first-order valence-electron chi connectivity index (χ1n) is 5.57. The summed E-state index contributed by atoms with van der Waals surface area (Å²) < 4.78 is 0. The van der Waals surface area contributed by atoms with Gasteiger partial charge in [0, 0.05) is 13.5 Å². The van der Waals surface area contributed by atoms with Gasteiger partial charge in [0.2, 0.25) is 5.91 Å². The van der Waals surface area contributed by atoms with E-state index in [1.165, 1.54) is 13.0 Å². The first kappa shape index (κ1) is 14.8. The molecule has 1 aromatic carbocycles. The van der Waals surface area contributed by atoms with Gasteiger partial charge < -0.3 is 21.3 Å². The van der Waals surface area contributed by atoms with Crippen molar-refractivity contribution in [3.63, 3.8) is 0 Å². The third kappa shape index (κ3) is 4.18. The van der Waals surface area contributed by atoms with Crippen molar-refractivity contribution in [3.05, 3.63) is 28.8 Å². The van der Waals surface area contributed by atoms with Crippen LogP contribution in [-0.2, 0) is 4.79 Å². The number of nitrogens with two attached hydrogens (primary N) is 1. The van der Waals surface area contributed by atoms with E-state index in [1.807, 2.05) is 0 Å². The van der Waals surface area contributed by atoms with Crippen LogP contribution >= 0.6 is 11.6 Å². The molecule has 0 aliphatic heterocycles. The second-order valence-electron chi connectivity index (χ2n) is 4.06. The number of nitrogen functional groups attached to an aromatic ring is 1. The van der Waals surface area contributed by atoms with E-state index in [0.29, 0.717) is 22.8 Å². The number of hydrogen-bond acceptors (Lipinski definition) is 4. The van der Waals surface area contributed by atoms with Crippen LogP contribution in [0.2, 0.25) is 5.02 Å². The Morgan fingerprint density at radius 3 is 2.72 bits per heavy atom. The fraction of sp³-hybridized carbons (Fsp3) is 0.417. The zero-order chi connectivity index (χ0) is 13.7. The van der Waals surface area contributed by atoms with Gasteiger partial charge >= 0.3 is 0 Å². The van der Waals surface area contributed by atoms with E-state index in [9.17, 15) is 15.0 Å². The van der Waals surface area contributed by atoms with Crippen LogP contribution in [0.15, 0.2) is 18.2 Å². The highest BCUT2D eigenvalue weighted by atomic mass is 35.5. The normalized spacial score (nSPS) is 14.0. The Hall–Kier alpha value is -1.30. The number of hydrogen-bond donors (Lipinski definition) is 4. The lowest BCUT2D eigenvalue weighted by Crippen LogP contribution is -2.27. The minimum atomic E-state index is -1.06. The molecule has 0 spiro atoms. The van der Waals surface area contributed by atoms with Crippen molar-refractivity contribution in [2.45, 2.75) is 25.6 Å². The highest BCUT2D eigenvalue weighted by molar-refractivity contribution is 6.33. The van der Waals surface area contributed by atoms with Gasteiger partial charge in [0.15, 0.2) is 0 Å². The molecule has 18 heavy (non-hydrogen) atoms. The molecule has 2 unspecified atom stereocenters. The SMILES string of the molecule is CC(=O)NCCC(O)C(O)c1ccc(Cl)c(N)c1. The van der Waals surface area contributed by atoms with Crippen LogP contribution in [0.4, 0.5) is 5.69 Å². The Balaban J connectivity index is 2.59. The summed E-state index contributed by atoms with van der Waals surface area (Å²) in [5.41, 5.74) is 6.46. The number of rotatable bonds is 5. The molecule has 0 saturated carbocycles. The third-order valence-electron chi connectivity index (χ3n) is 2.54. The molecule has 0 heterocycles. The van der Waals surface area contributed by atoms with Gasteiger partial charge in [-0.15, -0.1) is 0 Å². The van der Waals surface area contributed by atoms with Crippen molar-refractivity contribution in [3.8, 4) is 0 Å². The Morgan fingerprint density at radius 1 is 1.50 bits per heavy atom. The number of benzene rings is 1. The van der Waals surface area contributed by atoms with Crippen LogP contribution in [-0.4, -0.2) is 28.8 Å². The zero-order valence-electron chi connectivity index (χ0n) is 10.1. The number of carbonyl (C=O) groups is 1. The van der Waals surface area contributed by atoms with Crippen molar-refractivity contribution in [1.29, 1.82) is 0 Å². The van der Waals surface area contributed by atoms with Crippen molar-refractivity contribution in [1.82, 2.24) is 5.32 Å². The van der Waals surface area contributed by atoms with E-state index >= 15 is 0 Å². The van der Waals surface area contributed by atoms with Crippen LogP contribution in [0.1, 0.15) is 25.0 Å². The van der Waals surface area contributed by atoms with E-state index in [4.69, 9.17) is 17.3 Å². The number of nitrogens with one attached hydrogen (secondary N) is 1. The van der Waals surface area contributed by atoms with Gasteiger partial charge in [0.25, 0.3) is 0 Å². The summed E-state index contributed by atoms with van der Waals surface area (Å²) in [5.74, 6) is -0.174. The van der Waals surface area contributed by atoms with Gasteiger partial charge in [-0.25, -0.2) is 0 Å². The number of halogens is 1. The predicted octanol–water partition coefficient (Wildman–Crippen LogP) is 0.843. The molecule has 6 heteroatoms. The molecule has 100 valence electrons. The molecule has 1 aromatic rings. The summed E-state index contributed by atoms with van der Waals surface area (Å²) in [5, 5.41) is 22.6. The van der Waals surface area contributed by atoms with Gasteiger partial charge in [-0.2, -0.15) is 0 Å². The van der Waals surface area contributed by atoms with Crippen LogP contribution < -0.4 is 11.1 Å². The summed E-state index contributed by atoms with van der Waals surface area (Å²) in [6, 6.07) is 4.69. The summed E-state index contributed by atoms with van der Waals surface area (Å²) >= 11 is 5.77. The van der Waals surface area contributed by atoms with E-state index in [-0.39, 0.29) is 12.3 Å². The number of anilines is 1. The molecular weight excluding hydrogens is 256 g/mol. The van der Waals surface area contributed by atoms with Gasteiger partial charge in [0.1, 0.15) is 6.10 Å². The first-order chi connectivity index (χ1) is 8.41. The minimum absolute atomic E-state index is 0.174. The maximum absolute atomic E-state index is 10.7. The largest absolute Gasteiger partial charge is 0.398 e. The average molecular weight is 273 g/mol. The van der Waals surface area contributed by atoms with E-state index in [2.05, 4.69) is 5.32 Å². The van der Waals surface area contributed by atoms with Crippen molar-refractivity contribution in [2.75, 3.05) is 12.3 Å². The zero-order valence-corrected chi connectivity index (χ0v) is 10.8. The monoisotopic (exact) mass is 272 g/mol. The smallest absolute Gasteiger partial charge is 0.216 e. The molecule has 0 aromatic heterocycles. The maximum atomic E-state index is 10.7. The standard InChI is InChI=1S/C12H17ClN2O3/c1-7(16)15-5-4-11(17)12(18)8-2-3-9(13)10(14)6-8/h2-3,6,11-12,17-18H,4-5,14H2,1H3,(H,15,16). The second-order valence-corrected chi connectivity index (χ2v) is 4.47. The van der Waals surface area contributed by atoms with Crippen molar-refractivity contribution in [2.24, 2.45) is 0 Å². The van der Waals surface area contributed by atoms with Crippen LogP contribution in [0, 0.1) is 0 Å². The second kappa shape index (κ2) is 6.58. The molecule has 0 bridgehead atoms. The number of aliphatic hydroxyl groups is 2. The fourth-order valence-corrected chi connectivity index (χ4v) is 1.64. The van der Waals surface area contributed by atoms with E-state index in [1.54, 1.807) is 12.1 Å². The molecule has 5 N–H and O–H groups in total. The maximum Gasteiger partial charge on any atom is 0.216 e. The molecule has 5 nitrogen and oxygen atoms in total. The van der Waals surface area contributed by atoms with Gasteiger partial charge in [0.05, 0.1) is 16.8 Å². The predicted molar refractivity (Wildman–Crippen MR) is 70.1 cm³/mol. The van der Waals surface area contributed by atoms with Crippen molar-refractivity contribution < 1.29 is 15.0 Å². The Bertz CT molecular complexity index is 426. The molecule has 0 aliphatic carbocycles. The number of amides is 1. The first-order valence-corrected chi connectivity index (χ1v) is 5.95. The van der Waals surface area contributed by atoms with Gasteiger partial charge in [-0.1, -0.05) is 17.7 Å². The quantitative estimate of drug-likeness (QED) is 0.598. The van der Waals surface area contributed by atoms with E-state index in [0.717, 1.165) is 0 Å². The Kier molecular flexibility index (Phi) is 5.40. The van der Waals surface area contributed by atoms with Crippen LogP contribution in [0.5, 0.6) is 0 Å².